The first kappa shape index (κ1) is 11.6. The van der Waals surface area contributed by atoms with Crippen molar-refractivity contribution in [3.8, 4) is 0 Å². The third kappa shape index (κ3) is 3.32. The Hall–Kier alpha value is -0.410. The zero-order chi connectivity index (χ0) is 9.56. The van der Waals surface area contributed by atoms with Gasteiger partial charge < -0.3 is 5.11 Å². The van der Waals surface area contributed by atoms with E-state index in [1.54, 1.807) is 6.20 Å². The second-order valence-electron chi connectivity index (χ2n) is 2.10. The minimum absolute atomic E-state index is 0.0130. The number of aromatic nitrogens is 1. The Morgan fingerprint density at radius 3 is 2.50 bits per heavy atom. The van der Waals surface area contributed by atoms with Gasteiger partial charge in [0.15, 0.2) is 0 Å². The van der Waals surface area contributed by atoms with Crippen molar-refractivity contribution in [2.24, 2.45) is 0 Å². The van der Waals surface area contributed by atoms with Crippen LogP contribution in [-0.2, 0) is 6.61 Å². The predicted octanol–water partition coefficient (Wildman–Crippen LogP) is 2.67. The van der Waals surface area contributed by atoms with Crippen molar-refractivity contribution in [2.45, 2.75) is 27.4 Å². The molecule has 0 radical (unpaired) electrons. The molecule has 0 amide bonds. The lowest BCUT2D eigenvalue weighted by Crippen LogP contribution is -1.90. The highest BCUT2D eigenvalue weighted by atomic mass is 79.9. The van der Waals surface area contributed by atoms with Gasteiger partial charge in [-0.2, -0.15) is 0 Å². The highest BCUT2D eigenvalue weighted by molar-refractivity contribution is 9.10. The van der Waals surface area contributed by atoms with Gasteiger partial charge in [-0.15, -0.1) is 0 Å². The maximum Gasteiger partial charge on any atom is 0.0864 e. The lowest BCUT2D eigenvalue weighted by atomic mass is 10.3. The number of pyridine rings is 1. The number of hydrogen-bond acceptors (Lipinski definition) is 2. The van der Waals surface area contributed by atoms with E-state index < -0.39 is 0 Å². The highest BCUT2D eigenvalue weighted by Crippen LogP contribution is 2.14. The second-order valence-corrected chi connectivity index (χ2v) is 2.95. The maximum absolute atomic E-state index is 8.72. The standard InChI is InChI=1S/C7H8BrNO.C2H6/c1-5-2-6(8)7(4-10)9-3-5;1-2/h2-3,10H,4H2,1H3;1-2H3. The largest absolute Gasteiger partial charge is 0.390 e. The molecular weight excluding hydrogens is 218 g/mol. The topological polar surface area (TPSA) is 33.1 Å². The number of aliphatic hydroxyl groups excluding tert-OH is 1. The third-order valence-electron chi connectivity index (χ3n) is 1.20. The maximum atomic E-state index is 8.72. The zero-order valence-corrected chi connectivity index (χ0v) is 9.22. The van der Waals surface area contributed by atoms with Crippen LogP contribution in [0.5, 0.6) is 0 Å². The molecule has 0 unspecified atom stereocenters. The van der Waals surface area contributed by atoms with E-state index in [1.165, 1.54) is 0 Å². The van der Waals surface area contributed by atoms with Crippen LogP contribution in [0.25, 0.3) is 0 Å². The van der Waals surface area contributed by atoms with Crippen LogP contribution in [-0.4, -0.2) is 10.1 Å². The summed E-state index contributed by atoms with van der Waals surface area (Å²) >= 11 is 3.28. The van der Waals surface area contributed by atoms with Gasteiger partial charge in [-0.25, -0.2) is 0 Å². The fourth-order valence-corrected chi connectivity index (χ4v) is 1.27. The minimum Gasteiger partial charge on any atom is -0.390 e. The highest BCUT2D eigenvalue weighted by Gasteiger charge is 1.97. The molecule has 0 bridgehead atoms. The van der Waals surface area contributed by atoms with Gasteiger partial charge in [0.1, 0.15) is 0 Å². The van der Waals surface area contributed by atoms with E-state index in [1.807, 2.05) is 26.8 Å². The average Bonchev–Trinajstić information content (AvgIpc) is 2.08. The molecule has 1 heterocycles. The lowest BCUT2D eigenvalue weighted by molar-refractivity contribution is 0.276. The number of hydrogen-bond donors (Lipinski definition) is 1. The monoisotopic (exact) mass is 231 g/mol. The van der Waals surface area contributed by atoms with Crippen molar-refractivity contribution in [3.63, 3.8) is 0 Å². The van der Waals surface area contributed by atoms with E-state index in [-0.39, 0.29) is 6.61 Å². The van der Waals surface area contributed by atoms with E-state index in [2.05, 4.69) is 20.9 Å². The van der Waals surface area contributed by atoms with Crippen molar-refractivity contribution in [1.29, 1.82) is 0 Å². The molecule has 0 fully saturated rings. The summed E-state index contributed by atoms with van der Waals surface area (Å²) in [5.41, 5.74) is 1.77. The lowest BCUT2D eigenvalue weighted by Gasteiger charge is -1.98. The predicted molar refractivity (Wildman–Crippen MR) is 53.9 cm³/mol. The Bertz CT molecular complexity index is 238. The van der Waals surface area contributed by atoms with Crippen LogP contribution in [0.1, 0.15) is 25.1 Å². The Kier molecular flexibility index (Phi) is 5.93. The molecule has 1 aromatic heterocycles. The van der Waals surface area contributed by atoms with E-state index >= 15 is 0 Å². The van der Waals surface area contributed by atoms with Crippen LogP contribution in [0.4, 0.5) is 0 Å². The molecule has 0 saturated heterocycles. The molecule has 0 aliphatic rings. The number of rotatable bonds is 1. The zero-order valence-electron chi connectivity index (χ0n) is 7.63. The molecule has 1 aromatic rings. The molecule has 0 spiro atoms. The molecule has 0 atom stereocenters. The summed E-state index contributed by atoms with van der Waals surface area (Å²) in [6.45, 7) is 5.94. The van der Waals surface area contributed by atoms with Crippen LogP contribution in [0, 0.1) is 6.92 Å². The smallest absolute Gasteiger partial charge is 0.0864 e. The number of nitrogens with zero attached hydrogens (tertiary/aromatic N) is 1. The fraction of sp³-hybridized carbons (Fsp3) is 0.444. The normalized spacial score (nSPS) is 8.75. The first-order valence-corrected chi connectivity index (χ1v) is 4.75. The van der Waals surface area contributed by atoms with Crippen LogP contribution >= 0.6 is 15.9 Å². The molecule has 0 aromatic carbocycles. The molecular formula is C9H14BrNO. The van der Waals surface area contributed by atoms with Gasteiger partial charge in [-0.1, -0.05) is 13.8 Å². The van der Waals surface area contributed by atoms with Gasteiger partial charge in [-0.05, 0) is 34.5 Å². The van der Waals surface area contributed by atoms with Gasteiger partial charge in [0, 0.05) is 10.7 Å². The molecule has 1 rings (SSSR count). The molecule has 0 aliphatic heterocycles. The summed E-state index contributed by atoms with van der Waals surface area (Å²) in [5, 5.41) is 8.72. The molecule has 2 nitrogen and oxygen atoms in total. The van der Waals surface area contributed by atoms with Crippen molar-refractivity contribution in [3.05, 3.63) is 28.0 Å². The molecule has 12 heavy (non-hydrogen) atoms. The first-order chi connectivity index (χ1) is 5.74. The molecule has 0 aliphatic carbocycles. The van der Waals surface area contributed by atoms with Crippen LogP contribution in [0.3, 0.4) is 0 Å². The van der Waals surface area contributed by atoms with Crippen LogP contribution < -0.4 is 0 Å². The van der Waals surface area contributed by atoms with Crippen molar-refractivity contribution in [2.75, 3.05) is 0 Å². The molecule has 0 saturated carbocycles. The second kappa shape index (κ2) is 6.14. The average molecular weight is 232 g/mol. The Balaban J connectivity index is 0.000000561. The van der Waals surface area contributed by atoms with Gasteiger partial charge in [0.05, 0.1) is 12.3 Å². The number of aliphatic hydroxyl groups is 1. The Labute approximate surface area is 81.8 Å². The van der Waals surface area contributed by atoms with Gasteiger partial charge in [0.25, 0.3) is 0 Å². The summed E-state index contributed by atoms with van der Waals surface area (Å²) in [6, 6.07) is 1.93. The fourth-order valence-electron chi connectivity index (χ4n) is 0.678. The number of aryl methyl sites for hydroxylation is 1. The molecule has 1 N–H and O–H groups in total. The summed E-state index contributed by atoms with van der Waals surface area (Å²) in [7, 11) is 0. The van der Waals surface area contributed by atoms with Gasteiger partial charge in [-0.3, -0.25) is 4.98 Å². The van der Waals surface area contributed by atoms with Crippen LogP contribution in [0.2, 0.25) is 0 Å². The van der Waals surface area contributed by atoms with Gasteiger partial charge >= 0.3 is 0 Å². The first-order valence-electron chi connectivity index (χ1n) is 3.96. The quantitative estimate of drug-likeness (QED) is 0.807. The summed E-state index contributed by atoms with van der Waals surface area (Å²) < 4.78 is 0.870. The van der Waals surface area contributed by atoms with E-state index in [4.69, 9.17) is 5.11 Å². The number of halogens is 1. The van der Waals surface area contributed by atoms with Gasteiger partial charge in [0.2, 0.25) is 0 Å². The summed E-state index contributed by atoms with van der Waals surface area (Å²) in [5.74, 6) is 0. The van der Waals surface area contributed by atoms with E-state index in [0.717, 1.165) is 10.0 Å². The summed E-state index contributed by atoms with van der Waals surface area (Å²) in [4.78, 5) is 4.00. The molecule has 68 valence electrons. The van der Waals surface area contributed by atoms with E-state index in [0.29, 0.717) is 5.69 Å². The van der Waals surface area contributed by atoms with Crippen molar-refractivity contribution in [1.82, 2.24) is 4.98 Å². The summed E-state index contributed by atoms with van der Waals surface area (Å²) in [6.07, 6.45) is 1.73. The SMILES string of the molecule is CC.Cc1cnc(CO)c(Br)c1. The Morgan fingerprint density at radius 1 is 1.50 bits per heavy atom. The Morgan fingerprint density at radius 2 is 2.08 bits per heavy atom. The van der Waals surface area contributed by atoms with Crippen molar-refractivity contribution < 1.29 is 5.11 Å². The third-order valence-corrected chi connectivity index (χ3v) is 1.89. The van der Waals surface area contributed by atoms with Crippen molar-refractivity contribution >= 4 is 15.9 Å². The minimum atomic E-state index is -0.0130. The van der Waals surface area contributed by atoms with Crippen LogP contribution in [0.15, 0.2) is 16.7 Å². The van der Waals surface area contributed by atoms with E-state index in [9.17, 15) is 0 Å². The molecule has 3 heteroatoms.